The first-order valence-corrected chi connectivity index (χ1v) is 8.13. The maximum atomic E-state index is 12.3. The fraction of sp³-hybridized carbons (Fsp3) is 0.222. The van der Waals surface area contributed by atoms with Crippen molar-refractivity contribution in [3.8, 4) is 11.5 Å². The molecular weight excluding hydrogens is 340 g/mol. The van der Waals surface area contributed by atoms with Gasteiger partial charge < -0.3 is 19.2 Å². The van der Waals surface area contributed by atoms with Crippen LogP contribution in [-0.2, 0) is 11.3 Å². The van der Waals surface area contributed by atoms with Gasteiger partial charge in [0.25, 0.3) is 4.84 Å². The maximum absolute atomic E-state index is 12.3. The lowest BCUT2D eigenvalue weighted by Gasteiger charge is -2.11. The number of ether oxygens (including phenoxy) is 2. The van der Waals surface area contributed by atoms with Gasteiger partial charge in [0.05, 0.1) is 25.4 Å². The Morgan fingerprint density at radius 3 is 2.76 bits per heavy atom. The molecule has 0 saturated heterocycles. The monoisotopic (exact) mass is 358 g/mol. The van der Waals surface area contributed by atoms with Gasteiger partial charge in [-0.1, -0.05) is 12.1 Å². The fourth-order valence-electron chi connectivity index (χ4n) is 2.55. The lowest BCUT2D eigenvalue weighted by atomic mass is 10.2. The van der Waals surface area contributed by atoms with E-state index < -0.39 is 0 Å². The molecule has 0 aliphatic carbocycles. The van der Waals surface area contributed by atoms with Crippen LogP contribution in [-0.4, -0.2) is 24.7 Å². The molecule has 3 rings (SSSR count). The van der Waals surface area contributed by atoms with Crippen LogP contribution in [0.4, 0.5) is 5.69 Å². The third-order valence-corrected chi connectivity index (χ3v) is 4.12. The van der Waals surface area contributed by atoms with Crippen molar-refractivity contribution in [2.45, 2.75) is 13.0 Å². The van der Waals surface area contributed by atoms with Crippen molar-refractivity contribution in [2.75, 3.05) is 19.5 Å². The summed E-state index contributed by atoms with van der Waals surface area (Å²) in [5, 5.41) is 2.85. The normalized spacial score (nSPS) is 10.6. The molecule has 0 aliphatic rings. The smallest absolute Gasteiger partial charge is 0.269 e. The number of carbonyl (C=O) groups excluding carboxylic acids is 1. The van der Waals surface area contributed by atoms with E-state index in [0.717, 1.165) is 5.52 Å². The lowest BCUT2D eigenvalue weighted by Crippen LogP contribution is -2.15. The summed E-state index contributed by atoms with van der Waals surface area (Å²) in [6, 6.07) is 12.8. The highest BCUT2D eigenvalue weighted by Crippen LogP contribution is 2.29. The van der Waals surface area contributed by atoms with Gasteiger partial charge in [-0.05, 0) is 36.5 Å². The van der Waals surface area contributed by atoms with Crippen LogP contribution in [0.2, 0.25) is 0 Å². The molecule has 0 saturated carbocycles. The van der Waals surface area contributed by atoms with E-state index in [0.29, 0.717) is 34.2 Å². The third kappa shape index (κ3) is 3.66. The number of rotatable bonds is 6. The molecule has 3 aromatic rings. The van der Waals surface area contributed by atoms with E-state index >= 15 is 0 Å². The predicted molar refractivity (Wildman–Crippen MR) is 97.8 cm³/mol. The lowest BCUT2D eigenvalue weighted by molar-refractivity contribution is -0.116. The first-order valence-electron chi connectivity index (χ1n) is 7.72. The Morgan fingerprint density at radius 2 is 2.00 bits per heavy atom. The second-order valence-corrected chi connectivity index (χ2v) is 5.70. The first-order chi connectivity index (χ1) is 12.1. The molecule has 0 aliphatic heterocycles. The molecule has 130 valence electrons. The SMILES string of the molecule is COc1ccc(NC(=O)CCn2c(=S)oc3ccccc32)c(OC)c1. The number of nitrogens with one attached hydrogen (secondary N) is 1. The summed E-state index contributed by atoms with van der Waals surface area (Å²) in [6.07, 6.45) is 0.257. The molecular formula is C18H18N2O4S. The minimum absolute atomic E-state index is 0.143. The van der Waals surface area contributed by atoms with Gasteiger partial charge in [-0.2, -0.15) is 0 Å². The van der Waals surface area contributed by atoms with E-state index in [1.807, 2.05) is 28.8 Å². The van der Waals surface area contributed by atoms with Crippen LogP contribution < -0.4 is 14.8 Å². The van der Waals surface area contributed by atoms with Gasteiger partial charge in [-0.25, -0.2) is 0 Å². The van der Waals surface area contributed by atoms with Crippen molar-refractivity contribution in [3.05, 3.63) is 47.3 Å². The highest BCUT2D eigenvalue weighted by molar-refractivity contribution is 7.71. The summed E-state index contributed by atoms with van der Waals surface area (Å²) < 4.78 is 17.8. The standard InChI is InChI=1S/C18H18N2O4S/c1-22-12-7-8-13(16(11-12)23-2)19-17(21)9-10-20-14-5-3-4-6-15(14)24-18(20)25/h3-8,11H,9-10H2,1-2H3,(H,19,21). The van der Waals surface area contributed by atoms with Gasteiger partial charge in [0, 0.05) is 19.0 Å². The second kappa shape index (κ2) is 7.40. The van der Waals surface area contributed by atoms with Crippen molar-refractivity contribution in [2.24, 2.45) is 0 Å². The number of aromatic nitrogens is 1. The summed E-state index contributed by atoms with van der Waals surface area (Å²) in [5.41, 5.74) is 2.18. The number of carbonyl (C=O) groups is 1. The molecule has 1 aromatic heterocycles. The van der Waals surface area contributed by atoms with Crippen molar-refractivity contribution in [1.29, 1.82) is 0 Å². The van der Waals surface area contributed by atoms with Crippen LogP contribution in [0, 0.1) is 4.84 Å². The molecule has 7 heteroatoms. The van der Waals surface area contributed by atoms with E-state index in [1.54, 1.807) is 32.4 Å². The van der Waals surface area contributed by atoms with E-state index in [1.165, 1.54) is 0 Å². The predicted octanol–water partition coefficient (Wildman–Crippen LogP) is 4.01. The maximum Gasteiger partial charge on any atom is 0.269 e. The Labute approximate surface area is 150 Å². The Bertz CT molecular complexity index is 961. The number of oxazole rings is 1. The molecule has 1 heterocycles. The number of fused-ring (bicyclic) bond motifs is 1. The summed E-state index contributed by atoms with van der Waals surface area (Å²) >= 11 is 5.23. The van der Waals surface area contributed by atoms with Crippen LogP contribution in [0.1, 0.15) is 6.42 Å². The second-order valence-electron chi connectivity index (χ2n) is 5.35. The number of hydrogen-bond donors (Lipinski definition) is 1. The van der Waals surface area contributed by atoms with Gasteiger partial charge >= 0.3 is 0 Å². The average Bonchev–Trinajstić information content (AvgIpc) is 2.95. The molecule has 0 bridgehead atoms. The van der Waals surface area contributed by atoms with Gasteiger partial charge in [0.15, 0.2) is 5.58 Å². The van der Waals surface area contributed by atoms with Gasteiger partial charge in [0.1, 0.15) is 11.5 Å². The third-order valence-electron chi connectivity index (χ3n) is 3.82. The minimum atomic E-state index is -0.143. The number of para-hydroxylation sites is 2. The van der Waals surface area contributed by atoms with Crippen LogP contribution >= 0.6 is 12.2 Å². The molecule has 2 aromatic carbocycles. The number of amides is 1. The number of benzene rings is 2. The summed E-state index contributed by atoms with van der Waals surface area (Å²) in [6.45, 7) is 0.431. The van der Waals surface area contributed by atoms with E-state index in [2.05, 4.69) is 5.32 Å². The molecule has 0 spiro atoms. The van der Waals surface area contributed by atoms with Crippen molar-refractivity contribution >= 4 is 34.9 Å². The quantitative estimate of drug-likeness (QED) is 0.675. The molecule has 25 heavy (non-hydrogen) atoms. The Kier molecular flexibility index (Phi) is 5.04. The van der Waals surface area contributed by atoms with E-state index in [-0.39, 0.29) is 12.3 Å². The number of aryl methyl sites for hydroxylation is 1. The van der Waals surface area contributed by atoms with Crippen LogP contribution in [0.5, 0.6) is 11.5 Å². The highest BCUT2D eigenvalue weighted by atomic mass is 32.1. The molecule has 0 atom stereocenters. The summed E-state index contributed by atoms with van der Waals surface area (Å²) in [4.78, 5) is 12.7. The topological polar surface area (TPSA) is 65.6 Å². The Hall–Kier alpha value is -2.80. The molecule has 0 unspecified atom stereocenters. The van der Waals surface area contributed by atoms with Gasteiger partial charge in [0.2, 0.25) is 5.91 Å². The van der Waals surface area contributed by atoms with Crippen molar-refractivity contribution in [3.63, 3.8) is 0 Å². The number of methoxy groups -OCH3 is 2. The zero-order valence-electron chi connectivity index (χ0n) is 13.9. The summed E-state index contributed by atoms with van der Waals surface area (Å²) in [7, 11) is 3.12. The molecule has 0 radical (unpaired) electrons. The average molecular weight is 358 g/mol. The number of nitrogens with zero attached hydrogens (tertiary/aromatic N) is 1. The molecule has 0 fully saturated rings. The largest absolute Gasteiger partial charge is 0.497 e. The minimum Gasteiger partial charge on any atom is -0.497 e. The number of hydrogen-bond acceptors (Lipinski definition) is 5. The van der Waals surface area contributed by atoms with Crippen molar-refractivity contribution in [1.82, 2.24) is 4.57 Å². The van der Waals surface area contributed by atoms with E-state index in [4.69, 9.17) is 26.1 Å². The number of anilines is 1. The van der Waals surface area contributed by atoms with Crippen molar-refractivity contribution < 1.29 is 18.7 Å². The van der Waals surface area contributed by atoms with Gasteiger partial charge in [-0.15, -0.1) is 0 Å². The first kappa shape index (κ1) is 17.0. The van der Waals surface area contributed by atoms with Crippen LogP contribution in [0.3, 0.4) is 0 Å². The van der Waals surface area contributed by atoms with Gasteiger partial charge in [-0.3, -0.25) is 9.36 Å². The zero-order valence-corrected chi connectivity index (χ0v) is 14.8. The highest BCUT2D eigenvalue weighted by Gasteiger charge is 2.11. The Morgan fingerprint density at radius 1 is 1.20 bits per heavy atom. The Balaban J connectivity index is 1.71. The van der Waals surface area contributed by atoms with E-state index in [9.17, 15) is 4.79 Å². The van der Waals surface area contributed by atoms with Crippen LogP contribution in [0.15, 0.2) is 46.9 Å². The summed E-state index contributed by atoms with van der Waals surface area (Å²) in [5.74, 6) is 1.06. The zero-order chi connectivity index (χ0) is 17.8. The molecule has 6 nitrogen and oxygen atoms in total. The van der Waals surface area contributed by atoms with Crippen LogP contribution in [0.25, 0.3) is 11.1 Å². The fourth-order valence-corrected chi connectivity index (χ4v) is 2.83. The molecule has 1 N–H and O–H groups in total. The molecule has 1 amide bonds.